The van der Waals surface area contributed by atoms with Gasteiger partial charge >= 0.3 is 4.87 Å². The van der Waals surface area contributed by atoms with Crippen molar-refractivity contribution in [1.29, 1.82) is 0 Å². The minimum atomic E-state index is -0.736. The van der Waals surface area contributed by atoms with E-state index in [4.69, 9.17) is 0 Å². The molecule has 2 aliphatic rings. The van der Waals surface area contributed by atoms with E-state index >= 15 is 0 Å². The topological polar surface area (TPSA) is 88.5 Å². The molecule has 2 aromatic carbocycles. The molecular weight excluding hydrogens is 482 g/mol. The van der Waals surface area contributed by atoms with Gasteiger partial charge in [0.05, 0.1) is 16.6 Å². The summed E-state index contributed by atoms with van der Waals surface area (Å²) in [5.41, 5.74) is 2.58. The van der Waals surface area contributed by atoms with Crippen molar-refractivity contribution in [3.63, 3.8) is 0 Å². The summed E-state index contributed by atoms with van der Waals surface area (Å²) in [4.78, 5) is 54.4. The third-order valence-corrected chi connectivity index (χ3v) is 9.46. The molecule has 1 aromatic heterocycles. The molecule has 1 fully saturated rings. The van der Waals surface area contributed by atoms with Crippen molar-refractivity contribution in [3.05, 3.63) is 74.2 Å². The molecular formula is C26H25N3O4S2. The Morgan fingerprint density at radius 1 is 0.943 bits per heavy atom. The van der Waals surface area contributed by atoms with Crippen LogP contribution in [0.5, 0.6) is 0 Å². The van der Waals surface area contributed by atoms with Gasteiger partial charge in [-0.05, 0) is 38.1 Å². The maximum Gasteiger partial charge on any atom is 0.308 e. The van der Waals surface area contributed by atoms with Gasteiger partial charge in [0.25, 0.3) is 0 Å². The van der Waals surface area contributed by atoms with E-state index in [1.54, 1.807) is 12.1 Å². The average molecular weight is 508 g/mol. The molecule has 0 unspecified atom stereocenters. The molecule has 9 heteroatoms. The molecule has 3 amide bonds. The molecule has 1 N–H and O–H groups in total. The SMILES string of the molecule is Cc1ccc(NC(=O)Cn2c3c(sc2=O)C(C)(C)[C@H]2C(=O)N(c4ccc(C)cc4)C(=O)[C@H]2S3)cc1. The Kier molecular flexibility index (Phi) is 5.72. The number of hydrogen-bond donors (Lipinski definition) is 1. The van der Waals surface area contributed by atoms with Gasteiger partial charge in [0, 0.05) is 16.0 Å². The zero-order chi connectivity index (χ0) is 25.1. The van der Waals surface area contributed by atoms with Crippen molar-refractivity contribution < 1.29 is 14.4 Å². The predicted molar refractivity (Wildman–Crippen MR) is 138 cm³/mol. The Bertz CT molecular complexity index is 1400. The summed E-state index contributed by atoms with van der Waals surface area (Å²) in [5.74, 6) is -1.47. The van der Waals surface area contributed by atoms with Crippen LogP contribution in [0, 0.1) is 19.8 Å². The van der Waals surface area contributed by atoms with E-state index in [1.165, 1.54) is 21.2 Å². The van der Waals surface area contributed by atoms with Crippen LogP contribution in [0.25, 0.3) is 0 Å². The monoisotopic (exact) mass is 507 g/mol. The number of nitrogens with one attached hydrogen (secondary N) is 1. The first kappa shape index (κ1) is 23.6. The maximum atomic E-state index is 13.5. The average Bonchev–Trinajstić information content (AvgIpc) is 3.25. The second kappa shape index (κ2) is 8.49. The van der Waals surface area contributed by atoms with Crippen LogP contribution in [0.3, 0.4) is 0 Å². The zero-order valence-electron chi connectivity index (χ0n) is 19.8. The van der Waals surface area contributed by atoms with Gasteiger partial charge in [-0.15, -0.1) is 0 Å². The van der Waals surface area contributed by atoms with Gasteiger partial charge in [-0.2, -0.15) is 0 Å². The minimum Gasteiger partial charge on any atom is -0.325 e. The van der Waals surface area contributed by atoms with Gasteiger partial charge in [-0.25, -0.2) is 4.90 Å². The summed E-state index contributed by atoms with van der Waals surface area (Å²) in [6.45, 7) is 7.55. The predicted octanol–water partition coefficient (Wildman–Crippen LogP) is 4.11. The summed E-state index contributed by atoms with van der Waals surface area (Å²) in [6.07, 6.45) is 0. The first-order chi connectivity index (χ1) is 16.6. The molecule has 0 spiro atoms. The Balaban J connectivity index is 1.46. The first-order valence-electron chi connectivity index (χ1n) is 11.3. The molecule has 35 heavy (non-hydrogen) atoms. The lowest BCUT2D eigenvalue weighted by Crippen LogP contribution is -2.41. The van der Waals surface area contributed by atoms with Crippen LogP contribution < -0.4 is 15.1 Å². The number of rotatable bonds is 4. The number of thioether (sulfide) groups is 1. The number of carbonyl (C=O) groups is 3. The highest BCUT2D eigenvalue weighted by Gasteiger charge is 2.59. The van der Waals surface area contributed by atoms with Crippen LogP contribution in [0.4, 0.5) is 11.4 Å². The first-order valence-corrected chi connectivity index (χ1v) is 13.0. The highest BCUT2D eigenvalue weighted by atomic mass is 32.2. The fourth-order valence-corrected chi connectivity index (χ4v) is 7.74. The van der Waals surface area contributed by atoms with Crippen LogP contribution in [0.1, 0.15) is 29.9 Å². The van der Waals surface area contributed by atoms with Crippen LogP contribution in [-0.2, 0) is 26.3 Å². The molecule has 1 saturated heterocycles. The lowest BCUT2D eigenvalue weighted by molar-refractivity contribution is -0.123. The van der Waals surface area contributed by atoms with Gasteiger partial charge in [-0.1, -0.05) is 72.3 Å². The van der Waals surface area contributed by atoms with Crippen LogP contribution in [0.2, 0.25) is 0 Å². The standard InChI is InChI=1S/C26H25N3O4S2/c1-14-5-9-16(10-6-14)27-18(30)13-28-24-21(35-25(28)33)26(3,4)19-20(34-24)23(32)29(22(19)31)17-11-7-15(2)8-12-17/h5-12,19-20H,13H2,1-4H3,(H,27,30)/t19-,20+/m1/s1. The number of carbonyl (C=O) groups excluding carboxylic acids is 3. The zero-order valence-corrected chi connectivity index (χ0v) is 21.5. The van der Waals surface area contributed by atoms with Crippen molar-refractivity contribution in [1.82, 2.24) is 4.57 Å². The van der Waals surface area contributed by atoms with Crippen molar-refractivity contribution in [2.24, 2.45) is 5.92 Å². The van der Waals surface area contributed by atoms with Crippen LogP contribution in [-0.4, -0.2) is 27.5 Å². The fourth-order valence-electron chi connectivity index (χ4n) is 4.70. The molecule has 3 aromatic rings. The Morgan fingerprint density at radius 2 is 1.54 bits per heavy atom. The van der Waals surface area contributed by atoms with Gasteiger partial charge in [0.1, 0.15) is 11.8 Å². The van der Waals surface area contributed by atoms with E-state index in [1.807, 2.05) is 64.1 Å². The lowest BCUT2D eigenvalue weighted by Gasteiger charge is -2.36. The number of thiazole rings is 1. The van der Waals surface area contributed by atoms with Crippen molar-refractivity contribution >= 4 is 52.2 Å². The highest BCUT2D eigenvalue weighted by molar-refractivity contribution is 8.00. The summed E-state index contributed by atoms with van der Waals surface area (Å²) >= 11 is 2.27. The molecule has 180 valence electrons. The summed E-state index contributed by atoms with van der Waals surface area (Å²) < 4.78 is 1.43. The normalized spacial score (nSPS) is 20.5. The largest absolute Gasteiger partial charge is 0.325 e. The van der Waals surface area contributed by atoms with Crippen LogP contribution >= 0.6 is 23.1 Å². The Morgan fingerprint density at radius 3 is 2.17 bits per heavy atom. The van der Waals surface area contributed by atoms with Gasteiger partial charge in [-0.3, -0.25) is 23.7 Å². The number of aromatic nitrogens is 1. The molecule has 0 bridgehead atoms. The van der Waals surface area contributed by atoms with E-state index < -0.39 is 16.6 Å². The van der Waals surface area contributed by atoms with Gasteiger partial charge < -0.3 is 5.32 Å². The van der Waals surface area contributed by atoms with E-state index in [0.717, 1.165) is 27.3 Å². The minimum absolute atomic E-state index is 0.164. The summed E-state index contributed by atoms with van der Waals surface area (Å²) in [5, 5.41) is 2.76. The number of anilines is 2. The van der Waals surface area contributed by atoms with Crippen molar-refractivity contribution in [2.75, 3.05) is 10.2 Å². The Hall–Kier alpha value is -3.17. The summed E-state index contributed by atoms with van der Waals surface area (Å²) in [7, 11) is 0. The number of amides is 3. The summed E-state index contributed by atoms with van der Waals surface area (Å²) in [6, 6.07) is 14.7. The number of aryl methyl sites for hydroxylation is 2. The lowest BCUT2D eigenvalue weighted by atomic mass is 9.76. The van der Waals surface area contributed by atoms with Crippen LogP contribution in [0.15, 0.2) is 58.4 Å². The molecule has 3 heterocycles. The number of fused-ring (bicyclic) bond motifs is 2. The third kappa shape index (κ3) is 3.92. The quantitative estimate of drug-likeness (QED) is 0.537. The van der Waals surface area contributed by atoms with E-state index in [2.05, 4.69) is 5.32 Å². The van der Waals surface area contributed by atoms with E-state index in [-0.39, 0.29) is 29.1 Å². The van der Waals surface area contributed by atoms with Crippen molar-refractivity contribution in [2.45, 2.75) is 49.9 Å². The van der Waals surface area contributed by atoms with Crippen molar-refractivity contribution in [3.8, 4) is 0 Å². The molecule has 0 radical (unpaired) electrons. The van der Waals surface area contributed by atoms with Gasteiger partial charge in [0.2, 0.25) is 17.7 Å². The number of nitrogens with zero attached hydrogens (tertiary/aromatic N) is 2. The molecule has 0 saturated carbocycles. The van der Waals surface area contributed by atoms with E-state index in [9.17, 15) is 19.2 Å². The smallest absolute Gasteiger partial charge is 0.308 e. The molecule has 2 aliphatic heterocycles. The number of imide groups is 1. The van der Waals surface area contributed by atoms with E-state index in [0.29, 0.717) is 16.4 Å². The van der Waals surface area contributed by atoms with Gasteiger partial charge in [0.15, 0.2) is 0 Å². The molecule has 2 atom stereocenters. The Labute approximate surface area is 211 Å². The third-order valence-electron chi connectivity index (χ3n) is 6.63. The number of hydrogen-bond acceptors (Lipinski definition) is 6. The second-order valence-corrected chi connectivity index (χ2v) is 11.7. The molecule has 0 aliphatic carbocycles. The molecule has 7 nitrogen and oxygen atoms in total. The highest BCUT2D eigenvalue weighted by Crippen LogP contribution is 2.54. The number of benzene rings is 2. The fraction of sp³-hybridized carbons (Fsp3) is 0.308. The maximum absolute atomic E-state index is 13.5. The second-order valence-electron chi connectivity index (χ2n) is 9.59. The molecule has 5 rings (SSSR count).